The van der Waals surface area contributed by atoms with E-state index in [9.17, 15) is 4.79 Å². The van der Waals surface area contributed by atoms with E-state index in [4.69, 9.17) is 14.6 Å². The molecule has 1 heterocycles. The van der Waals surface area contributed by atoms with Crippen molar-refractivity contribution in [2.24, 2.45) is 22.9 Å². The maximum absolute atomic E-state index is 12.2. The Balaban J connectivity index is 1.66. The number of hydrazone groups is 1. The Hall–Kier alpha value is -0.940. The van der Waals surface area contributed by atoms with Gasteiger partial charge in [0.2, 0.25) is 5.91 Å². The Bertz CT molecular complexity index is 513. The Labute approximate surface area is 158 Å². The van der Waals surface area contributed by atoms with Crippen molar-refractivity contribution in [3.8, 4) is 0 Å². The molecule has 0 bridgehead atoms. The van der Waals surface area contributed by atoms with Crippen molar-refractivity contribution in [3.05, 3.63) is 0 Å². The maximum atomic E-state index is 12.2. The first kappa shape index (κ1) is 19.8. The summed E-state index contributed by atoms with van der Waals surface area (Å²) in [6.45, 7) is 3.96. The average molecular weight is 365 g/mol. The number of hydrogen-bond donors (Lipinski definition) is 0. The summed E-state index contributed by atoms with van der Waals surface area (Å²) in [5, 5.41) is 6.65. The van der Waals surface area contributed by atoms with E-state index in [0.717, 1.165) is 31.6 Å². The molecule has 1 aliphatic heterocycles. The van der Waals surface area contributed by atoms with E-state index in [2.05, 4.69) is 6.92 Å². The second-order valence-electron chi connectivity index (χ2n) is 8.47. The summed E-state index contributed by atoms with van der Waals surface area (Å²) >= 11 is 0. The van der Waals surface area contributed by atoms with Crippen molar-refractivity contribution in [2.75, 3.05) is 14.2 Å². The molecule has 0 N–H and O–H groups in total. The van der Waals surface area contributed by atoms with Crippen LogP contribution in [0.25, 0.3) is 0 Å². The normalized spacial score (nSPS) is 38.3. The van der Waals surface area contributed by atoms with Gasteiger partial charge < -0.3 is 9.47 Å². The summed E-state index contributed by atoms with van der Waals surface area (Å²) in [4.78, 5) is 12.2. The molecule has 0 saturated heterocycles. The van der Waals surface area contributed by atoms with Gasteiger partial charge in [-0.1, -0.05) is 26.2 Å². The summed E-state index contributed by atoms with van der Waals surface area (Å²) in [5.41, 5.74) is 1.22. The van der Waals surface area contributed by atoms with Crippen LogP contribution < -0.4 is 0 Å². The van der Waals surface area contributed by atoms with Crippen LogP contribution in [0.3, 0.4) is 0 Å². The summed E-state index contributed by atoms with van der Waals surface area (Å²) in [6, 6.07) is 0.279. The predicted octanol–water partition coefficient (Wildman–Crippen LogP) is 4.01. The lowest BCUT2D eigenvalue weighted by atomic mass is 9.75. The molecule has 2 fully saturated rings. The molecule has 3 rings (SSSR count). The van der Waals surface area contributed by atoms with E-state index in [-0.39, 0.29) is 24.2 Å². The molecule has 0 radical (unpaired) electrons. The van der Waals surface area contributed by atoms with Gasteiger partial charge in [0.1, 0.15) is 0 Å². The number of rotatable bonds is 5. The minimum atomic E-state index is 0.0940. The Morgan fingerprint density at radius 2 is 1.77 bits per heavy atom. The fraction of sp³-hybridized carbons (Fsp3) is 0.905. The van der Waals surface area contributed by atoms with Gasteiger partial charge in [-0.15, -0.1) is 0 Å². The zero-order valence-electron chi connectivity index (χ0n) is 16.9. The number of hydrogen-bond acceptors (Lipinski definition) is 4. The fourth-order valence-electron chi connectivity index (χ4n) is 5.38. The first-order chi connectivity index (χ1) is 12.6. The topological polar surface area (TPSA) is 51.1 Å². The summed E-state index contributed by atoms with van der Waals surface area (Å²) in [7, 11) is 3.54. The van der Waals surface area contributed by atoms with Crippen LogP contribution in [-0.4, -0.2) is 49.1 Å². The SMILES string of the molecule is CCC1CCC(C2CC(C3CCC(OC)C(OC)C3)=NN2C(C)=O)CC1. The summed E-state index contributed by atoms with van der Waals surface area (Å²) < 4.78 is 11.2. The van der Waals surface area contributed by atoms with E-state index < -0.39 is 0 Å². The average Bonchev–Trinajstić information content (AvgIpc) is 3.13. The molecule has 5 nitrogen and oxygen atoms in total. The molecule has 0 aromatic heterocycles. The molecule has 2 aliphatic carbocycles. The fourth-order valence-corrected chi connectivity index (χ4v) is 5.38. The highest BCUT2D eigenvalue weighted by molar-refractivity contribution is 5.91. The zero-order valence-corrected chi connectivity index (χ0v) is 16.9. The maximum Gasteiger partial charge on any atom is 0.239 e. The lowest BCUT2D eigenvalue weighted by Gasteiger charge is -2.35. The first-order valence-electron chi connectivity index (χ1n) is 10.5. The largest absolute Gasteiger partial charge is 0.379 e. The Kier molecular flexibility index (Phi) is 6.73. The van der Waals surface area contributed by atoms with Crippen LogP contribution in [-0.2, 0) is 14.3 Å². The Morgan fingerprint density at radius 3 is 2.35 bits per heavy atom. The number of ether oxygens (including phenoxy) is 2. The van der Waals surface area contributed by atoms with E-state index >= 15 is 0 Å². The van der Waals surface area contributed by atoms with E-state index in [1.165, 1.54) is 37.8 Å². The molecule has 3 aliphatic rings. The monoisotopic (exact) mass is 364 g/mol. The van der Waals surface area contributed by atoms with Crippen LogP contribution in [0.4, 0.5) is 0 Å². The van der Waals surface area contributed by atoms with Gasteiger partial charge in [0.25, 0.3) is 0 Å². The number of carbonyl (C=O) groups is 1. The molecule has 26 heavy (non-hydrogen) atoms. The third-order valence-corrected chi connectivity index (χ3v) is 7.11. The van der Waals surface area contributed by atoms with Crippen LogP contribution >= 0.6 is 0 Å². The van der Waals surface area contributed by atoms with Gasteiger partial charge in [0, 0.05) is 39.2 Å². The second kappa shape index (κ2) is 8.83. The third-order valence-electron chi connectivity index (χ3n) is 7.11. The van der Waals surface area contributed by atoms with Gasteiger partial charge in [-0.05, 0) is 43.9 Å². The smallest absolute Gasteiger partial charge is 0.239 e. The standard InChI is InChI=1S/C21H36N2O3/c1-5-15-6-8-16(9-7-15)19-13-18(22-23(19)14(2)24)17-10-11-20(25-3)21(12-17)26-4/h15-17,19-21H,5-13H2,1-4H3. The third kappa shape index (κ3) is 4.14. The van der Waals surface area contributed by atoms with Crippen LogP contribution in [0.1, 0.15) is 71.6 Å². The number of carbonyl (C=O) groups excluding carboxylic acids is 1. The second-order valence-corrected chi connectivity index (χ2v) is 8.47. The van der Waals surface area contributed by atoms with Crippen LogP contribution in [0.15, 0.2) is 5.10 Å². The molecule has 0 aromatic rings. The van der Waals surface area contributed by atoms with Crippen molar-refractivity contribution < 1.29 is 14.3 Å². The predicted molar refractivity (Wildman–Crippen MR) is 103 cm³/mol. The minimum Gasteiger partial charge on any atom is -0.379 e. The first-order valence-corrected chi connectivity index (χ1v) is 10.5. The molecule has 0 aromatic carbocycles. The highest BCUT2D eigenvalue weighted by atomic mass is 16.5. The molecule has 1 amide bonds. The van der Waals surface area contributed by atoms with E-state index in [1.807, 2.05) is 5.01 Å². The molecular formula is C21H36N2O3. The van der Waals surface area contributed by atoms with Gasteiger partial charge in [-0.3, -0.25) is 4.79 Å². The van der Waals surface area contributed by atoms with Crippen LogP contribution in [0.2, 0.25) is 0 Å². The van der Waals surface area contributed by atoms with Crippen LogP contribution in [0.5, 0.6) is 0 Å². The van der Waals surface area contributed by atoms with Gasteiger partial charge in [0.05, 0.1) is 18.2 Å². The Morgan fingerprint density at radius 1 is 1.08 bits per heavy atom. The van der Waals surface area contributed by atoms with Gasteiger partial charge in [-0.2, -0.15) is 5.10 Å². The van der Waals surface area contributed by atoms with Crippen molar-refractivity contribution in [2.45, 2.75) is 89.9 Å². The van der Waals surface area contributed by atoms with Gasteiger partial charge >= 0.3 is 0 Å². The zero-order chi connectivity index (χ0) is 18.7. The molecule has 2 saturated carbocycles. The number of methoxy groups -OCH3 is 2. The summed E-state index contributed by atoms with van der Waals surface area (Å²) in [6.07, 6.45) is 10.7. The van der Waals surface area contributed by atoms with Crippen molar-refractivity contribution in [3.63, 3.8) is 0 Å². The van der Waals surface area contributed by atoms with Gasteiger partial charge in [0.15, 0.2) is 0 Å². The highest BCUT2D eigenvalue weighted by Gasteiger charge is 2.41. The molecule has 4 unspecified atom stereocenters. The molecular weight excluding hydrogens is 328 g/mol. The summed E-state index contributed by atoms with van der Waals surface area (Å²) in [5.74, 6) is 2.00. The molecule has 148 valence electrons. The quantitative estimate of drug-likeness (QED) is 0.740. The van der Waals surface area contributed by atoms with Gasteiger partial charge in [-0.25, -0.2) is 5.01 Å². The minimum absolute atomic E-state index is 0.0940. The molecule has 4 atom stereocenters. The number of amides is 1. The number of nitrogens with zero attached hydrogens (tertiary/aromatic N) is 2. The lowest BCUT2D eigenvalue weighted by molar-refractivity contribution is -0.131. The lowest BCUT2D eigenvalue weighted by Crippen LogP contribution is -2.40. The molecule has 0 spiro atoms. The van der Waals surface area contributed by atoms with Crippen molar-refractivity contribution in [1.29, 1.82) is 0 Å². The van der Waals surface area contributed by atoms with E-state index in [1.54, 1.807) is 21.1 Å². The van der Waals surface area contributed by atoms with Crippen LogP contribution in [0, 0.1) is 17.8 Å². The molecule has 5 heteroatoms. The highest BCUT2D eigenvalue weighted by Crippen LogP contribution is 2.40. The van der Waals surface area contributed by atoms with Crippen molar-refractivity contribution >= 4 is 11.6 Å². The van der Waals surface area contributed by atoms with Crippen molar-refractivity contribution in [1.82, 2.24) is 5.01 Å². The van der Waals surface area contributed by atoms with E-state index in [0.29, 0.717) is 11.8 Å².